The first-order valence-corrected chi connectivity index (χ1v) is 4.81. The molecule has 0 saturated heterocycles. The number of hydrogen-bond donors (Lipinski definition) is 3. The van der Waals surface area contributed by atoms with E-state index in [1.165, 1.54) is 0 Å². The molecule has 8 heteroatoms. The van der Waals surface area contributed by atoms with Crippen LogP contribution in [0.15, 0.2) is 0 Å². The smallest absolute Gasteiger partial charge is 1.00 e. The zero-order chi connectivity index (χ0) is 9.49. The van der Waals surface area contributed by atoms with E-state index in [4.69, 9.17) is 4.55 Å². The van der Waals surface area contributed by atoms with Gasteiger partial charge in [0.2, 0.25) is 0 Å². The van der Waals surface area contributed by atoms with Gasteiger partial charge in [-0.15, -0.1) is 0 Å². The van der Waals surface area contributed by atoms with Crippen LogP contribution in [0, 0.1) is 0 Å². The van der Waals surface area contributed by atoms with Crippen LogP contribution < -0.4 is 41.0 Å². The fourth-order valence-electron chi connectivity index (χ4n) is 0.258. The van der Waals surface area contributed by atoms with Crippen molar-refractivity contribution in [2.75, 3.05) is 5.75 Å². The maximum absolute atomic E-state index is 9.79. The molecule has 70 valence electrons. The molecule has 0 radical (unpaired) electrons. The third-order valence-electron chi connectivity index (χ3n) is 0.462. The van der Waals surface area contributed by atoms with Gasteiger partial charge in [-0.25, -0.2) is 0 Å². The van der Waals surface area contributed by atoms with E-state index < -0.39 is 10.1 Å². The van der Waals surface area contributed by atoms with Crippen LogP contribution in [-0.4, -0.2) is 23.8 Å². The predicted molar refractivity (Wildman–Crippen MR) is 48.8 cm³/mol. The Kier molecular flexibility index (Phi) is 14.8. The van der Waals surface area contributed by atoms with E-state index in [1.54, 1.807) is 6.92 Å². The van der Waals surface area contributed by atoms with Crippen LogP contribution in [0.25, 0.3) is 0 Å². The summed E-state index contributed by atoms with van der Waals surface area (Å²) in [6.07, 6.45) is 0.471. The normalized spacial score (nSPS) is 8.83. The Morgan fingerprint density at radius 2 is 1.83 bits per heavy atom. The maximum Gasteiger partial charge on any atom is 1.00 e. The van der Waals surface area contributed by atoms with Crippen molar-refractivity contribution in [1.82, 2.24) is 0 Å². The van der Waals surface area contributed by atoms with Gasteiger partial charge in [0.1, 0.15) is 0 Å². The molecule has 0 amide bonds. The van der Waals surface area contributed by atoms with E-state index in [0.717, 1.165) is 0 Å². The largest absolute Gasteiger partial charge is 1.00 e. The van der Waals surface area contributed by atoms with Crippen LogP contribution in [0.1, 0.15) is 14.8 Å². The number of hydrogen-bond acceptors (Lipinski definition) is 3. The topological polar surface area (TPSA) is 106 Å². The SMILES string of the molecule is CCCS(=O)(=O)O.NC(N)=S.[H-].[Na+]. The number of nitrogens with two attached hydrogens (primary N) is 2. The quantitative estimate of drug-likeness (QED) is 0.256. The van der Waals surface area contributed by atoms with Gasteiger partial charge < -0.3 is 12.9 Å². The number of thiocarbonyl (C=S) groups is 1. The predicted octanol–water partition coefficient (Wildman–Crippen LogP) is -3.41. The Balaban J connectivity index is -0.0000000600. The van der Waals surface area contributed by atoms with Gasteiger partial charge in [0.25, 0.3) is 10.1 Å². The zero-order valence-corrected chi connectivity index (χ0v) is 10.8. The molecule has 0 fully saturated rings. The fraction of sp³-hybridized carbons (Fsp3) is 0.750. The molecule has 0 saturated carbocycles. The van der Waals surface area contributed by atoms with Crippen molar-refractivity contribution >= 4 is 27.4 Å². The fourth-order valence-corrected chi connectivity index (χ4v) is 0.774. The summed E-state index contributed by atoms with van der Waals surface area (Å²) in [7, 11) is -3.67. The van der Waals surface area contributed by atoms with Crippen molar-refractivity contribution in [3.05, 3.63) is 0 Å². The Morgan fingerprint density at radius 1 is 1.58 bits per heavy atom. The molecule has 0 bridgehead atoms. The second-order valence-corrected chi connectivity index (χ2v) is 3.73. The molecule has 0 rings (SSSR count). The van der Waals surface area contributed by atoms with Crippen molar-refractivity contribution < 1.29 is 44.0 Å². The Bertz CT molecular complexity index is 205. The van der Waals surface area contributed by atoms with E-state index >= 15 is 0 Å². The van der Waals surface area contributed by atoms with E-state index in [9.17, 15) is 8.42 Å². The minimum absolute atomic E-state index is 0. The molecule has 0 aliphatic carbocycles. The first kappa shape index (κ1) is 18.4. The molecule has 0 aliphatic heterocycles. The minimum Gasteiger partial charge on any atom is -1.00 e. The van der Waals surface area contributed by atoms with Crippen LogP contribution in [0.2, 0.25) is 0 Å². The average molecular weight is 224 g/mol. The molecule has 0 aliphatic rings. The van der Waals surface area contributed by atoms with Crippen LogP contribution in [0.5, 0.6) is 0 Å². The van der Waals surface area contributed by atoms with E-state index in [-0.39, 0.29) is 41.8 Å². The molecule has 5 N–H and O–H groups in total. The van der Waals surface area contributed by atoms with Crippen LogP contribution in [0.4, 0.5) is 0 Å². The summed E-state index contributed by atoms with van der Waals surface area (Å²) >= 11 is 4.09. The molecule has 5 nitrogen and oxygen atoms in total. The standard InChI is InChI=1S/C3H8O3S.CH4N2S.Na.H/c1-2-3-7(4,5)6;2-1(3)4;;/h2-3H2,1H3,(H,4,5,6);(H4,2,3,4);;/q;;+1;-1. The summed E-state index contributed by atoms with van der Waals surface area (Å²) in [6.45, 7) is 1.69. The average Bonchev–Trinajstić information content (AvgIpc) is 1.58. The van der Waals surface area contributed by atoms with E-state index in [0.29, 0.717) is 6.42 Å². The maximum atomic E-state index is 9.79. The third-order valence-corrected chi connectivity index (χ3v) is 1.39. The van der Waals surface area contributed by atoms with Gasteiger partial charge in [0, 0.05) is 0 Å². The molecule has 0 aromatic rings. The molecule has 0 spiro atoms. The second kappa shape index (κ2) is 9.69. The van der Waals surface area contributed by atoms with Crippen molar-refractivity contribution in [3.63, 3.8) is 0 Å². The van der Waals surface area contributed by atoms with Gasteiger partial charge in [-0.05, 0) is 18.6 Å². The molecule has 0 unspecified atom stereocenters. The summed E-state index contributed by atoms with van der Waals surface area (Å²) in [5, 5.41) is 0.000000000000000222. The van der Waals surface area contributed by atoms with Crippen molar-refractivity contribution in [2.45, 2.75) is 13.3 Å². The van der Waals surface area contributed by atoms with Crippen LogP contribution >= 0.6 is 12.2 Å². The summed E-state index contributed by atoms with van der Waals surface area (Å²) in [4.78, 5) is 0. The molecule has 0 aromatic heterocycles. The third kappa shape index (κ3) is 46.2. The van der Waals surface area contributed by atoms with E-state index in [2.05, 4.69) is 23.7 Å². The number of rotatable bonds is 2. The van der Waals surface area contributed by atoms with Gasteiger partial charge in [0.15, 0.2) is 5.11 Å². The zero-order valence-electron chi connectivity index (χ0n) is 8.15. The monoisotopic (exact) mass is 224 g/mol. The molecule has 12 heavy (non-hydrogen) atoms. The molecular weight excluding hydrogens is 211 g/mol. The summed E-state index contributed by atoms with van der Waals surface area (Å²) in [5.41, 5.74) is 9.24. The van der Waals surface area contributed by atoms with Gasteiger partial charge in [-0.1, -0.05) is 6.92 Å². The van der Waals surface area contributed by atoms with Crippen molar-refractivity contribution in [2.24, 2.45) is 11.5 Å². The Morgan fingerprint density at radius 3 is 1.83 bits per heavy atom. The van der Waals surface area contributed by atoms with Gasteiger partial charge >= 0.3 is 29.6 Å². The molecule has 0 heterocycles. The Hall–Kier alpha value is 0.600. The summed E-state index contributed by atoms with van der Waals surface area (Å²) in [5.74, 6) is -0.132. The summed E-state index contributed by atoms with van der Waals surface area (Å²) < 4.78 is 27.6. The molecule has 0 atom stereocenters. The minimum atomic E-state index is -3.67. The Labute approximate surface area is 101 Å². The van der Waals surface area contributed by atoms with Crippen LogP contribution in [0.3, 0.4) is 0 Å². The first-order chi connectivity index (χ1) is 4.79. The van der Waals surface area contributed by atoms with Crippen molar-refractivity contribution in [1.29, 1.82) is 0 Å². The van der Waals surface area contributed by atoms with Crippen LogP contribution in [-0.2, 0) is 10.1 Å². The van der Waals surface area contributed by atoms with Crippen molar-refractivity contribution in [3.8, 4) is 0 Å². The summed E-state index contributed by atoms with van der Waals surface area (Å²) in [6, 6.07) is 0. The van der Waals surface area contributed by atoms with E-state index in [1.807, 2.05) is 0 Å². The molecule has 0 aromatic carbocycles. The molecular formula is C4H13N2NaO3S2. The van der Waals surface area contributed by atoms with Gasteiger partial charge in [-0.2, -0.15) is 8.42 Å². The van der Waals surface area contributed by atoms with Gasteiger partial charge in [0.05, 0.1) is 5.75 Å². The van der Waals surface area contributed by atoms with Gasteiger partial charge in [-0.3, -0.25) is 4.55 Å². The second-order valence-electron chi connectivity index (χ2n) is 1.69. The first-order valence-electron chi connectivity index (χ1n) is 2.79.